The Hall–Kier alpha value is -2.82. The Morgan fingerprint density at radius 3 is 2.57 bits per heavy atom. The first-order chi connectivity index (χ1) is 11.2. The van der Waals surface area contributed by atoms with Crippen LogP contribution >= 0.6 is 0 Å². The molecule has 3 aromatic rings. The molecule has 0 saturated carbocycles. The fraction of sp³-hybridized carbons (Fsp3) is 0.222. The van der Waals surface area contributed by atoms with Gasteiger partial charge in [0.15, 0.2) is 0 Å². The van der Waals surface area contributed by atoms with Gasteiger partial charge in [-0.2, -0.15) is 0 Å². The summed E-state index contributed by atoms with van der Waals surface area (Å²) in [5.41, 5.74) is 3.01. The zero-order valence-corrected chi connectivity index (χ0v) is 13.1. The van der Waals surface area contributed by atoms with Gasteiger partial charge in [-0.15, -0.1) is 0 Å². The van der Waals surface area contributed by atoms with E-state index in [1.54, 1.807) is 19.2 Å². The van der Waals surface area contributed by atoms with E-state index < -0.39 is 5.97 Å². The molecule has 0 radical (unpaired) electrons. The first-order valence-corrected chi connectivity index (χ1v) is 7.40. The van der Waals surface area contributed by atoms with E-state index in [2.05, 4.69) is 22.1 Å². The summed E-state index contributed by atoms with van der Waals surface area (Å²) in [6.07, 6.45) is 1.62. The van der Waals surface area contributed by atoms with Gasteiger partial charge in [-0.05, 0) is 24.1 Å². The zero-order valence-electron chi connectivity index (χ0n) is 13.1. The van der Waals surface area contributed by atoms with Crippen molar-refractivity contribution in [1.82, 2.24) is 9.97 Å². The molecule has 118 valence electrons. The molecule has 0 saturated heterocycles. The highest BCUT2D eigenvalue weighted by Gasteiger charge is 2.17. The third-order valence-electron chi connectivity index (χ3n) is 3.78. The number of carbonyl (C=O) groups is 1. The van der Waals surface area contributed by atoms with Crippen LogP contribution in [0.25, 0.3) is 11.0 Å². The second kappa shape index (κ2) is 6.52. The van der Waals surface area contributed by atoms with Crippen LogP contribution in [0.15, 0.2) is 42.5 Å². The molecule has 0 aliphatic heterocycles. The number of nitrogens with zero attached hydrogens (tertiary/aromatic N) is 1. The topological polar surface area (TPSA) is 64.2 Å². The Morgan fingerprint density at radius 2 is 1.87 bits per heavy atom. The van der Waals surface area contributed by atoms with Crippen LogP contribution in [0.5, 0.6) is 5.75 Å². The van der Waals surface area contributed by atoms with Crippen LogP contribution in [-0.4, -0.2) is 30.2 Å². The minimum atomic E-state index is -0.393. The standard InChI is InChI=1S/C18H18N2O3/c1-22-14-10-9-13(18(21)23-2)16-17(14)20-15(19-16)11-8-12-6-4-3-5-7-12/h3-7,9-10H,8,11H2,1-2H3,(H,19,20). The van der Waals surface area contributed by atoms with Gasteiger partial charge in [0.2, 0.25) is 0 Å². The number of hydrogen-bond acceptors (Lipinski definition) is 4. The quantitative estimate of drug-likeness (QED) is 0.735. The minimum absolute atomic E-state index is 0.393. The Morgan fingerprint density at radius 1 is 1.09 bits per heavy atom. The molecule has 0 amide bonds. The predicted molar refractivity (Wildman–Crippen MR) is 87.8 cm³/mol. The number of rotatable bonds is 5. The van der Waals surface area contributed by atoms with Gasteiger partial charge in [0.05, 0.1) is 25.3 Å². The maximum absolute atomic E-state index is 11.9. The van der Waals surface area contributed by atoms with Crippen LogP contribution < -0.4 is 4.74 Å². The summed E-state index contributed by atoms with van der Waals surface area (Å²) in [6.45, 7) is 0. The second-order valence-corrected chi connectivity index (χ2v) is 5.20. The van der Waals surface area contributed by atoms with E-state index in [9.17, 15) is 4.79 Å². The average molecular weight is 310 g/mol. The van der Waals surface area contributed by atoms with E-state index in [4.69, 9.17) is 9.47 Å². The summed E-state index contributed by atoms with van der Waals surface area (Å²) in [6, 6.07) is 13.6. The van der Waals surface area contributed by atoms with Crippen LogP contribution in [0.1, 0.15) is 21.7 Å². The van der Waals surface area contributed by atoms with Crippen molar-refractivity contribution >= 4 is 17.0 Å². The number of methoxy groups -OCH3 is 2. The van der Waals surface area contributed by atoms with E-state index in [0.29, 0.717) is 22.3 Å². The number of hydrogen-bond donors (Lipinski definition) is 1. The number of H-pyrrole nitrogens is 1. The molecule has 0 bridgehead atoms. The maximum Gasteiger partial charge on any atom is 0.340 e. The van der Waals surface area contributed by atoms with Crippen molar-refractivity contribution in [2.45, 2.75) is 12.8 Å². The van der Waals surface area contributed by atoms with Crippen molar-refractivity contribution in [3.05, 3.63) is 59.4 Å². The number of ether oxygens (including phenoxy) is 2. The van der Waals surface area contributed by atoms with Crippen LogP contribution in [0.2, 0.25) is 0 Å². The fourth-order valence-corrected chi connectivity index (χ4v) is 2.59. The first-order valence-electron chi connectivity index (χ1n) is 7.40. The van der Waals surface area contributed by atoms with Gasteiger partial charge < -0.3 is 14.5 Å². The summed E-state index contributed by atoms with van der Waals surface area (Å²) in [7, 11) is 2.95. The Kier molecular flexibility index (Phi) is 4.28. The number of imidazole rings is 1. The summed E-state index contributed by atoms with van der Waals surface area (Å²) < 4.78 is 10.2. The lowest BCUT2D eigenvalue weighted by Gasteiger charge is -2.04. The second-order valence-electron chi connectivity index (χ2n) is 5.20. The molecule has 0 fully saturated rings. The summed E-state index contributed by atoms with van der Waals surface area (Å²) in [4.78, 5) is 19.7. The van der Waals surface area contributed by atoms with Crippen molar-refractivity contribution < 1.29 is 14.3 Å². The first kappa shape index (κ1) is 15.1. The number of fused-ring (bicyclic) bond motifs is 1. The van der Waals surface area contributed by atoms with Gasteiger partial charge in [-0.3, -0.25) is 0 Å². The molecular weight excluding hydrogens is 292 g/mol. The third-order valence-corrected chi connectivity index (χ3v) is 3.78. The fourth-order valence-electron chi connectivity index (χ4n) is 2.59. The van der Waals surface area contributed by atoms with E-state index in [1.165, 1.54) is 12.7 Å². The van der Waals surface area contributed by atoms with Gasteiger partial charge >= 0.3 is 5.97 Å². The number of aromatic nitrogens is 2. The van der Waals surface area contributed by atoms with Gasteiger partial charge in [0, 0.05) is 6.42 Å². The molecule has 5 nitrogen and oxygen atoms in total. The SMILES string of the molecule is COC(=O)c1ccc(OC)c2nc(CCc3ccccc3)[nH]c12. The van der Waals surface area contributed by atoms with Crippen molar-refractivity contribution in [2.24, 2.45) is 0 Å². The molecule has 1 N–H and O–H groups in total. The van der Waals surface area contributed by atoms with Crippen LogP contribution in [0.3, 0.4) is 0 Å². The largest absolute Gasteiger partial charge is 0.494 e. The number of aromatic amines is 1. The third kappa shape index (κ3) is 3.04. The summed E-state index contributed by atoms with van der Waals surface area (Å²) in [5, 5.41) is 0. The molecular formula is C18H18N2O3. The lowest BCUT2D eigenvalue weighted by atomic mass is 10.1. The smallest absolute Gasteiger partial charge is 0.340 e. The Bertz CT molecular complexity index is 825. The molecule has 2 aromatic carbocycles. The Labute approximate surface area is 134 Å². The predicted octanol–water partition coefficient (Wildman–Crippen LogP) is 3.14. The zero-order chi connectivity index (χ0) is 16.2. The monoisotopic (exact) mass is 310 g/mol. The number of nitrogens with one attached hydrogen (secondary N) is 1. The van der Waals surface area contributed by atoms with Gasteiger partial charge in [-0.25, -0.2) is 9.78 Å². The maximum atomic E-state index is 11.9. The minimum Gasteiger partial charge on any atom is -0.494 e. The molecule has 0 aliphatic rings. The molecule has 3 rings (SSSR count). The molecule has 23 heavy (non-hydrogen) atoms. The molecule has 0 aliphatic carbocycles. The van der Waals surface area contributed by atoms with E-state index in [0.717, 1.165) is 18.7 Å². The van der Waals surface area contributed by atoms with E-state index in [-0.39, 0.29) is 0 Å². The molecule has 0 spiro atoms. The van der Waals surface area contributed by atoms with Gasteiger partial charge in [-0.1, -0.05) is 30.3 Å². The van der Waals surface area contributed by atoms with Crippen LogP contribution in [0.4, 0.5) is 0 Å². The van der Waals surface area contributed by atoms with E-state index >= 15 is 0 Å². The van der Waals surface area contributed by atoms with Crippen molar-refractivity contribution in [2.75, 3.05) is 14.2 Å². The van der Waals surface area contributed by atoms with Crippen LogP contribution in [-0.2, 0) is 17.6 Å². The van der Waals surface area contributed by atoms with Crippen LogP contribution in [0, 0.1) is 0 Å². The molecule has 0 atom stereocenters. The molecule has 0 unspecified atom stereocenters. The Balaban J connectivity index is 1.94. The molecule has 5 heteroatoms. The lowest BCUT2D eigenvalue weighted by molar-refractivity contribution is 0.0603. The van der Waals surface area contributed by atoms with Crippen molar-refractivity contribution in [3.8, 4) is 5.75 Å². The average Bonchev–Trinajstić information content (AvgIpc) is 3.03. The highest BCUT2D eigenvalue weighted by atomic mass is 16.5. The van der Waals surface area contributed by atoms with Crippen molar-refractivity contribution in [1.29, 1.82) is 0 Å². The highest BCUT2D eigenvalue weighted by molar-refractivity contribution is 6.03. The summed E-state index contributed by atoms with van der Waals surface area (Å²) >= 11 is 0. The number of benzene rings is 2. The van der Waals surface area contributed by atoms with Crippen molar-refractivity contribution in [3.63, 3.8) is 0 Å². The lowest BCUT2D eigenvalue weighted by Crippen LogP contribution is -2.02. The highest BCUT2D eigenvalue weighted by Crippen LogP contribution is 2.27. The van der Waals surface area contributed by atoms with Gasteiger partial charge in [0.1, 0.15) is 17.1 Å². The molecule has 1 heterocycles. The number of aryl methyl sites for hydroxylation is 2. The van der Waals surface area contributed by atoms with Gasteiger partial charge in [0.25, 0.3) is 0 Å². The normalized spacial score (nSPS) is 10.7. The summed E-state index contributed by atoms with van der Waals surface area (Å²) in [5.74, 6) is 1.06. The van der Waals surface area contributed by atoms with E-state index in [1.807, 2.05) is 18.2 Å². The number of carbonyl (C=O) groups excluding carboxylic acids is 1. The number of esters is 1. The molecule has 1 aromatic heterocycles.